The maximum Gasteiger partial charge on any atom is 0.252 e. The Labute approximate surface area is 189 Å². The predicted molar refractivity (Wildman–Crippen MR) is 124 cm³/mol. The molecule has 0 aromatic carbocycles. The summed E-state index contributed by atoms with van der Waals surface area (Å²) in [5.74, 6) is 4.63. The van der Waals surface area contributed by atoms with Crippen molar-refractivity contribution in [2.45, 2.75) is 69.7 Å². The molecule has 0 bridgehead atoms. The normalized spacial score (nSPS) is 19.0. The van der Waals surface area contributed by atoms with Gasteiger partial charge >= 0.3 is 0 Å². The van der Waals surface area contributed by atoms with Crippen molar-refractivity contribution >= 4 is 17.8 Å². The van der Waals surface area contributed by atoms with E-state index in [0.717, 1.165) is 50.9 Å². The minimum Gasteiger partial charge on any atom is -0.368 e. The van der Waals surface area contributed by atoms with Gasteiger partial charge in [-0.1, -0.05) is 25.2 Å². The van der Waals surface area contributed by atoms with Crippen molar-refractivity contribution in [3.8, 4) is 12.3 Å². The zero-order valence-corrected chi connectivity index (χ0v) is 18.5. The summed E-state index contributed by atoms with van der Waals surface area (Å²) in [6.45, 7) is 1.52. The molecule has 0 unspecified atom stereocenters. The first-order valence-electron chi connectivity index (χ1n) is 11.6. The number of nitrogens with one attached hydrogen (secondary N) is 1. The number of hydrogen-bond acceptors (Lipinski definition) is 7. The fourth-order valence-corrected chi connectivity index (χ4v) is 4.75. The average Bonchev–Trinajstić information content (AvgIpc) is 3.30. The van der Waals surface area contributed by atoms with E-state index in [1.165, 1.54) is 25.5 Å². The molecule has 1 aliphatic carbocycles. The van der Waals surface area contributed by atoms with Gasteiger partial charge in [0.1, 0.15) is 5.82 Å². The van der Waals surface area contributed by atoms with Crippen LogP contribution < -0.4 is 16.0 Å². The minimum atomic E-state index is -0.153. The molecule has 1 aliphatic heterocycles. The second kappa shape index (κ2) is 10.4. The Morgan fingerprint density at radius 1 is 1.16 bits per heavy atom. The number of rotatable bonds is 7. The van der Waals surface area contributed by atoms with Crippen LogP contribution >= 0.6 is 0 Å². The van der Waals surface area contributed by atoms with E-state index in [2.05, 4.69) is 31.1 Å². The summed E-state index contributed by atoms with van der Waals surface area (Å²) in [6.07, 6.45) is 18.5. The van der Waals surface area contributed by atoms with Gasteiger partial charge in [-0.3, -0.25) is 9.78 Å². The molecular weight excluding hydrogens is 402 g/mol. The summed E-state index contributed by atoms with van der Waals surface area (Å²) in [7, 11) is 0. The lowest BCUT2D eigenvalue weighted by Gasteiger charge is -2.26. The molecule has 3 N–H and O–H groups in total. The number of aromatic nitrogens is 4. The summed E-state index contributed by atoms with van der Waals surface area (Å²) in [5, 5.41) is 2.96. The Hall–Kier alpha value is -3.21. The topological polar surface area (TPSA) is 110 Å². The van der Waals surface area contributed by atoms with Gasteiger partial charge in [0.05, 0.1) is 5.56 Å². The molecular formula is C24H31N7O. The number of pyridine rings is 1. The molecule has 2 aliphatic rings. The Morgan fingerprint density at radius 2 is 2.00 bits per heavy atom. The molecule has 1 saturated carbocycles. The van der Waals surface area contributed by atoms with Crippen LogP contribution in [0.5, 0.6) is 0 Å². The standard InChI is InChI=1S/C24H31N7O/c1-2-17-14-19(16-26-15-17)22(32)27-12-6-10-20-11-7-13-31(20)24-29-21(28-23(25)30-24)18-8-4-3-5-9-18/h1,14-16,18,20H,3-13H2,(H,27,32)(H2,25,28,29,30)/t20-/m0/s1. The number of nitrogens with zero attached hydrogens (tertiary/aromatic N) is 5. The Kier molecular flexibility index (Phi) is 7.15. The molecule has 1 atom stereocenters. The van der Waals surface area contributed by atoms with E-state index in [1.807, 2.05) is 0 Å². The number of carbonyl (C=O) groups is 1. The minimum absolute atomic E-state index is 0.153. The van der Waals surface area contributed by atoms with Crippen molar-refractivity contribution in [3.63, 3.8) is 0 Å². The van der Waals surface area contributed by atoms with Crippen molar-refractivity contribution in [3.05, 3.63) is 35.4 Å². The van der Waals surface area contributed by atoms with E-state index < -0.39 is 0 Å². The Morgan fingerprint density at radius 3 is 2.81 bits per heavy atom. The largest absolute Gasteiger partial charge is 0.368 e. The fourth-order valence-electron chi connectivity index (χ4n) is 4.75. The summed E-state index contributed by atoms with van der Waals surface area (Å²) < 4.78 is 0. The van der Waals surface area contributed by atoms with Crippen molar-refractivity contribution in [2.75, 3.05) is 23.7 Å². The summed E-state index contributed by atoms with van der Waals surface area (Å²) >= 11 is 0. The van der Waals surface area contributed by atoms with Crippen LogP contribution in [-0.2, 0) is 0 Å². The molecule has 168 valence electrons. The van der Waals surface area contributed by atoms with E-state index in [4.69, 9.17) is 17.1 Å². The Bertz CT molecular complexity index is 981. The SMILES string of the molecule is C#Cc1cncc(C(=O)NCCC[C@H]2CCCN2c2nc(N)nc(C3CCCCC3)n2)c1. The van der Waals surface area contributed by atoms with Crippen LogP contribution in [0.15, 0.2) is 18.5 Å². The van der Waals surface area contributed by atoms with Crippen LogP contribution in [0.1, 0.15) is 85.5 Å². The van der Waals surface area contributed by atoms with Crippen LogP contribution in [0, 0.1) is 12.3 Å². The summed E-state index contributed by atoms with van der Waals surface area (Å²) in [5.41, 5.74) is 7.14. The highest BCUT2D eigenvalue weighted by molar-refractivity contribution is 5.94. The van der Waals surface area contributed by atoms with E-state index in [1.54, 1.807) is 12.3 Å². The van der Waals surface area contributed by atoms with Crippen LogP contribution in [0.2, 0.25) is 0 Å². The third kappa shape index (κ3) is 5.34. The third-order valence-corrected chi connectivity index (χ3v) is 6.43. The number of hydrogen-bond donors (Lipinski definition) is 2. The van der Waals surface area contributed by atoms with Gasteiger partial charge in [0, 0.05) is 43.0 Å². The van der Waals surface area contributed by atoms with Crippen LogP contribution in [0.3, 0.4) is 0 Å². The van der Waals surface area contributed by atoms with Crippen molar-refractivity contribution in [1.29, 1.82) is 0 Å². The van der Waals surface area contributed by atoms with E-state index in [9.17, 15) is 4.79 Å². The molecule has 1 amide bonds. The lowest BCUT2D eigenvalue weighted by molar-refractivity contribution is 0.0952. The van der Waals surface area contributed by atoms with E-state index >= 15 is 0 Å². The van der Waals surface area contributed by atoms with Gasteiger partial charge in [-0.25, -0.2) is 0 Å². The number of nitrogens with two attached hydrogens (primary N) is 1. The van der Waals surface area contributed by atoms with Gasteiger partial charge in [0.25, 0.3) is 5.91 Å². The first-order chi connectivity index (χ1) is 15.6. The highest BCUT2D eigenvalue weighted by Crippen LogP contribution is 2.32. The monoisotopic (exact) mass is 433 g/mol. The predicted octanol–water partition coefficient (Wildman–Crippen LogP) is 3.06. The van der Waals surface area contributed by atoms with Crippen LogP contribution in [0.4, 0.5) is 11.9 Å². The van der Waals surface area contributed by atoms with Gasteiger partial charge in [-0.05, 0) is 44.6 Å². The lowest BCUT2D eigenvalue weighted by atomic mass is 9.89. The highest BCUT2D eigenvalue weighted by atomic mass is 16.1. The number of terminal acetylenes is 1. The summed E-state index contributed by atoms with van der Waals surface area (Å²) in [6, 6.07) is 2.02. The third-order valence-electron chi connectivity index (χ3n) is 6.43. The first-order valence-corrected chi connectivity index (χ1v) is 11.6. The van der Waals surface area contributed by atoms with Gasteiger partial charge < -0.3 is 16.0 Å². The highest BCUT2D eigenvalue weighted by Gasteiger charge is 2.28. The Balaban J connectivity index is 1.32. The van der Waals surface area contributed by atoms with E-state index in [0.29, 0.717) is 41.5 Å². The number of carbonyl (C=O) groups excluding carboxylic acids is 1. The maximum atomic E-state index is 12.3. The molecule has 2 fully saturated rings. The average molecular weight is 434 g/mol. The molecule has 2 aromatic heterocycles. The second-order valence-corrected chi connectivity index (χ2v) is 8.68. The fraction of sp³-hybridized carbons (Fsp3) is 0.542. The molecule has 2 aromatic rings. The van der Waals surface area contributed by atoms with Crippen molar-refractivity contribution in [1.82, 2.24) is 25.3 Å². The van der Waals surface area contributed by atoms with Gasteiger partial charge in [0.15, 0.2) is 0 Å². The lowest BCUT2D eigenvalue weighted by Crippen LogP contribution is -2.33. The van der Waals surface area contributed by atoms with Crippen molar-refractivity contribution < 1.29 is 4.79 Å². The molecule has 3 heterocycles. The number of anilines is 2. The molecule has 32 heavy (non-hydrogen) atoms. The molecule has 8 nitrogen and oxygen atoms in total. The van der Waals surface area contributed by atoms with Crippen LogP contribution in [-0.4, -0.2) is 45.0 Å². The molecule has 0 spiro atoms. The number of nitrogen functional groups attached to an aromatic ring is 1. The summed E-state index contributed by atoms with van der Waals surface area (Å²) in [4.78, 5) is 32.4. The van der Waals surface area contributed by atoms with Crippen molar-refractivity contribution in [2.24, 2.45) is 0 Å². The molecule has 8 heteroatoms. The number of amides is 1. The first kappa shape index (κ1) is 22.0. The van der Waals surface area contributed by atoms with Gasteiger partial charge in [-0.15, -0.1) is 6.42 Å². The van der Waals surface area contributed by atoms with Gasteiger partial charge in [0.2, 0.25) is 11.9 Å². The van der Waals surface area contributed by atoms with Crippen LogP contribution in [0.25, 0.3) is 0 Å². The van der Waals surface area contributed by atoms with E-state index in [-0.39, 0.29) is 5.91 Å². The molecule has 4 rings (SSSR count). The second-order valence-electron chi connectivity index (χ2n) is 8.68. The molecule has 1 saturated heterocycles. The maximum absolute atomic E-state index is 12.3. The quantitative estimate of drug-likeness (QED) is 0.510. The smallest absolute Gasteiger partial charge is 0.252 e. The zero-order chi connectivity index (χ0) is 22.3. The molecule has 0 radical (unpaired) electrons. The zero-order valence-electron chi connectivity index (χ0n) is 18.5. The van der Waals surface area contributed by atoms with Gasteiger partial charge in [-0.2, -0.15) is 15.0 Å².